The number of carbonyl (C=O) groups excluding carboxylic acids is 1. The fourth-order valence-electron chi connectivity index (χ4n) is 1.45. The van der Waals surface area contributed by atoms with Crippen molar-refractivity contribution in [3.05, 3.63) is 41.5 Å². The molecule has 0 saturated heterocycles. The van der Waals surface area contributed by atoms with Crippen LogP contribution < -0.4 is 0 Å². The monoisotopic (exact) mass is 250 g/mol. The molecule has 0 bridgehead atoms. The van der Waals surface area contributed by atoms with E-state index >= 15 is 0 Å². The van der Waals surface area contributed by atoms with Gasteiger partial charge in [-0.1, -0.05) is 24.3 Å². The van der Waals surface area contributed by atoms with Crippen molar-refractivity contribution in [3.8, 4) is 0 Å². The first-order valence-electron chi connectivity index (χ1n) is 5.61. The molecule has 4 nitrogen and oxygen atoms in total. The number of esters is 1. The van der Waals surface area contributed by atoms with E-state index in [4.69, 9.17) is 9.47 Å². The summed E-state index contributed by atoms with van der Waals surface area (Å²) in [6, 6.07) is 7.18. The molecule has 0 aliphatic heterocycles. The summed E-state index contributed by atoms with van der Waals surface area (Å²) in [5, 5.41) is 0. The lowest BCUT2D eigenvalue weighted by molar-refractivity contribution is -0.0985. The van der Waals surface area contributed by atoms with Crippen LogP contribution in [0.2, 0.25) is 0 Å². The molecule has 0 aliphatic rings. The number of hydrogen-bond acceptors (Lipinski definition) is 4. The van der Waals surface area contributed by atoms with Gasteiger partial charge in [-0.15, -0.1) is 0 Å². The van der Waals surface area contributed by atoms with Gasteiger partial charge in [0, 0.05) is 20.6 Å². The molecule has 0 saturated carbocycles. The summed E-state index contributed by atoms with van der Waals surface area (Å²) >= 11 is 0. The van der Waals surface area contributed by atoms with Gasteiger partial charge in [-0.3, -0.25) is 0 Å². The van der Waals surface area contributed by atoms with Crippen LogP contribution in [0.1, 0.15) is 22.3 Å². The minimum atomic E-state index is -0.329. The molecule has 1 aromatic carbocycles. The highest BCUT2D eigenvalue weighted by Gasteiger charge is 2.03. The van der Waals surface area contributed by atoms with Gasteiger partial charge in [0.05, 0.1) is 12.7 Å². The number of ether oxygens (including phenoxy) is 3. The second-order valence-corrected chi connectivity index (χ2v) is 3.65. The van der Waals surface area contributed by atoms with E-state index in [-0.39, 0.29) is 12.3 Å². The fraction of sp³-hybridized carbons (Fsp3) is 0.357. The quantitative estimate of drug-likeness (QED) is 0.575. The molecule has 0 N–H and O–H groups in total. The Morgan fingerprint density at radius 1 is 1.17 bits per heavy atom. The fourth-order valence-corrected chi connectivity index (χ4v) is 1.45. The molecule has 0 aromatic heterocycles. The predicted octanol–water partition coefficient (Wildman–Crippen LogP) is 2.50. The van der Waals surface area contributed by atoms with Crippen molar-refractivity contribution in [1.29, 1.82) is 0 Å². The predicted molar refractivity (Wildman–Crippen MR) is 69.2 cm³/mol. The molecule has 0 atom stereocenters. The Labute approximate surface area is 107 Å². The Kier molecular flexibility index (Phi) is 6.11. The lowest BCUT2D eigenvalue weighted by atomic mass is 10.1. The number of hydrogen-bond donors (Lipinski definition) is 0. The van der Waals surface area contributed by atoms with Crippen LogP contribution >= 0.6 is 0 Å². The molecule has 1 aromatic rings. The molecule has 0 amide bonds. The summed E-state index contributed by atoms with van der Waals surface area (Å²) in [6.45, 7) is 0. The van der Waals surface area contributed by atoms with E-state index in [1.54, 1.807) is 26.4 Å². The van der Waals surface area contributed by atoms with E-state index in [1.165, 1.54) is 7.11 Å². The number of methoxy groups -OCH3 is 3. The molecule has 98 valence electrons. The van der Waals surface area contributed by atoms with Crippen molar-refractivity contribution in [2.45, 2.75) is 12.7 Å². The molecular formula is C14H18O4. The smallest absolute Gasteiger partial charge is 0.337 e. The average molecular weight is 250 g/mol. The van der Waals surface area contributed by atoms with Crippen LogP contribution in [0, 0.1) is 0 Å². The first kappa shape index (κ1) is 14.4. The summed E-state index contributed by atoms with van der Waals surface area (Å²) in [6.07, 6.45) is 4.36. The summed E-state index contributed by atoms with van der Waals surface area (Å²) < 4.78 is 14.8. The lowest BCUT2D eigenvalue weighted by Crippen LogP contribution is -2.10. The second kappa shape index (κ2) is 7.63. The van der Waals surface area contributed by atoms with Crippen molar-refractivity contribution in [1.82, 2.24) is 0 Å². The molecule has 18 heavy (non-hydrogen) atoms. The maximum Gasteiger partial charge on any atom is 0.337 e. The average Bonchev–Trinajstić information content (AvgIpc) is 2.43. The van der Waals surface area contributed by atoms with Crippen molar-refractivity contribution < 1.29 is 19.0 Å². The zero-order valence-electron chi connectivity index (χ0n) is 10.9. The molecule has 0 aliphatic carbocycles. The Hall–Kier alpha value is -1.65. The van der Waals surface area contributed by atoms with Gasteiger partial charge in [0.1, 0.15) is 0 Å². The van der Waals surface area contributed by atoms with Crippen LogP contribution in [-0.2, 0) is 14.2 Å². The lowest BCUT2D eigenvalue weighted by Gasteiger charge is -2.09. The van der Waals surface area contributed by atoms with Crippen molar-refractivity contribution >= 4 is 12.0 Å². The van der Waals surface area contributed by atoms with E-state index < -0.39 is 0 Å². The highest BCUT2D eigenvalue weighted by molar-refractivity contribution is 5.89. The summed E-state index contributed by atoms with van der Waals surface area (Å²) in [7, 11) is 4.58. The SMILES string of the molecule is COC(=O)c1ccc(C=CCC(OC)OC)cc1. The zero-order chi connectivity index (χ0) is 13.4. The molecule has 4 heteroatoms. The maximum absolute atomic E-state index is 11.2. The summed E-state index contributed by atoms with van der Waals surface area (Å²) in [4.78, 5) is 11.2. The van der Waals surface area contributed by atoms with Gasteiger partial charge in [0.2, 0.25) is 0 Å². The second-order valence-electron chi connectivity index (χ2n) is 3.65. The third-order valence-electron chi connectivity index (χ3n) is 2.50. The normalized spacial score (nSPS) is 11.1. The third-order valence-corrected chi connectivity index (χ3v) is 2.50. The molecule has 0 unspecified atom stereocenters. The van der Waals surface area contributed by atoms with Crippen molar-refractivity contribution in [3.63, 3.8) is 0 Å². The van der Waals surface area contributed by atoms with Gasteiger partial charge in [0.25, 0.3) is 0 Å². The third kappa shape index (κ3) is 4.31. The molecule has 0 fully saturated rings. The van der Waals surface area contributed by atoms with E-state index in [9.17, 15) is 4.79 Å². The van der Waals surface area contributed by atoms with Crippen molar-refractivity contribution in [2.75, 3.05) is 21.3 Å². The van der Waals surface area contributed by atoms with Gasteiger partial charge in [0.15, 0.2) is 6.29 Å². The minimum absolute atomic E-state index is 0.226. The Balaban J connectivity index is 2.58. The molecule has 1 rings (SSSR count). The molecule has 0 heterocycles. The Morgan fingerprint density at radius 3 is 2.28 bits per heavy atom. The summed E-state index contributed by atoms with van der Waals surface area (Å²) in [5.41, 5.74) is 1.55. The minimum Gasteiger partial charge on any atom is -0.465 e. The highest BCUT2D eigenvalue weighted by atomic mass is 16.7. The first-order valence-corrected chi connectivity index (χ1v) is 5.61. The highest BCUT2D eigenvalue weighted by Crippen LogP contribution is 2.09. The van der Waals surface area contributed by atoms with Crippen molar-refractivity contribution in [2.24, 2.45) is 0 Å². The number of carbonyl (C=O) groups is 1. The van der Waals surface area contributed by atoms with Crippen LogP contribution in [-0.4, -0.2) is 33.6 Å². The topological polar surface area (TPSA) is 44.8 Å². The van der Waals surface area contributed by atoms with Crippen LogP contribution in [0.15, 0.2) is 30.3 Å². The molecule has 0 radical (unpaired) electrons. The van der Waals surface area contributed by atoms with Gasteiger partial charge < -0.3 is 14.2 Å². The van der Waals surface area contributed by atoms with Crippen LogP contribution in [0.3, 0.4) is 0 Å². The van der Waals surface area contributed by atoms with Gasteiger partial charge in [-0.05, 0) is 17.7 Å². The van der Waals surface area contributed by atoms with Crippen LogP contribution in [0.25, 0.3) is 6.08 Å². The summed E-state index contributed by atoms with van der Waals surface area (Å²) in [5.74, 6) is -0.329. The largest absolute Gasteiger partial charge is 0.465 e. The number of benzene rings is 1. The molecular weight excluding hydrogens is 232 g/mol. The molecule has 0 spiro atoms. The standard InChI is InChI=1S/C14H18O4/c1-16-13(17-2)6-4-5-11-7-9-12(10-8-11)14(15)18-3/h4-5,7-10,13H,6H2,1-3H3. The Bertz CT molecular complexity index is 391. The zero-order valence-corrected chi connectivity index (χ0v) is 10.9. The first-order chi connectivity index (χ1) is 8.71. The van der Waals surface area contributed by atoms with Crippen LogP contribution in [0.4, 0.5) is 0 Å². The Morgan fingerprint density at radius 2 is 1.78 bits per heavy atom. The van der Waals surface area contributed by atoms with E-state index in [1.807, 2.05) is 24.3 Å². The van der Waals surface area contributed by atoms with Gasteiger partial charge >= 0.3 is 5.97 Å². The van der Waals surface area contributed by atoms with Gasteiger partial charge in [-0.25, -0.2) is 4.79 Å². The number of rotatable bonds is 6. The van der Waals surface area contributed by atoms with E-state index in [0.717, 1.165) is 5.56 Å². The van der Waals surface area contributed by atoms with E-state index in [2.05, 4.69) is 4.74 Å². The van der Waals surface area contributed by atoms with Gasteiger partial charge in [-0.2, -0.15) is 0 Å². The van der Waals surface area contributed by atoms with Crippen LogP contribution in [0.5, 0.6) is 0 Å². The maximum atomic E-state index is 11.2. The van der Waals surface area contributed by atoms with E-state index in [0.29, 0.717) is 12.0 Å².